The topological polar surface area (TPSA) is 90.5 Å². The van der Waals surface area contributed by atoms with E-state index in [0.29, 0.717) is 22.8 Å². The van der Waals surface area contributed by atoms with Crippen molar-refractivity contribution in [2.75, 3.05) is 5.32 Å². The average Bonchev–Trinajstić information content (AvgIpc) is 3.30. The van der Waals surface area contributed by atoms with Gasteiger partial charge < -0.3 is 5.32 Å². The molecule has 2 aromatic heterocycles. The largest absolute Gasteiger partial charge is 0.322 e. The number of hydrogen-bond donors (Lipinski definition) is 1. The number of tetrazole rings is 1. The Bertz CT molecular complexity index is 1200. The molecule has 4 rings (SSSR count). The van der Waals surface area contributed by atoms with Crippen LogP contribution in [0.3, 0.4) is 0 Å². The number of rotatable bonds is 4. The van der Waals surface area contributed by atoms with E-state index in [9.17, 15) is 9.18 Å². The summed E-state index contributed by atoms with van der Waals surface area (Å²) in [6, 6.07) is 11.8. The molecule has 0 saturated carbocycles. The molecule has 0 aliphatic heterocycles. The van der Waals surface area contributed by atoms with Crippen LogP contribution in [0.2, 0.25) is 0 Å². The molecular weight excluding hydrogens is 441 g/mol. The summed E-state index contributed by atoms with van der Waals surface area (Å²) < 4.78 is 18.1. The molecule has 2 aromatic carbocycles. The number of amides is 1. The number of benzene rings is 2. The van der Waals surface area contributed by atoms with Crippen LogP contribution in [0.15, 0.2) is 53.1 Å². The lowest BCUT2D eigenvalue weighted by molar-refractivity contribution is 0.102. The first-order valence-corrected chi connectivity index (χ1v) is 9.40. The number of carbonyl (C=O) groups is 1. The zero-order valence-electron chi connectivity index (χ0n) is 15.5. The van der Waals surface area contributed by atoms with Gasteiger partial charge in [0.2, 0.25) is 0 Å². The molecule has 10 heteroatoms. The summed E-state index contributed by atoms with van der Waals surface area (Å²) in [4.78, 5) is 12.8. The fourth-order valence-electron chi connectivity index (χ4n) is 2.88. The Morgan fingerprint density at radius 1 is 1.10 bits per heavy atom. The predicted molar refractivity (Wildman–Crippen MR) is 108 cm³/mol. The maximum absolute atomic E-state index is 14.2. The summed E-state index contributed by atoms with van der Waals surface area (Å²) >= 11 is 3.40. The molecule has 0 saturated heterocycles. The number of carbonyl (C=O) groups excluding carboxylic acids is 1. The molecule has 1 N–H and O–H groups in total. The lowest BCUT2D eigenvalue weighted by atomic mass is 10.2. The van der Waals surface area contributed by atoms with Gasteiger partial charge in [0.1, 0.15) is 11.5 Å². The van der Waals surface area contributed by atoms with E-state index in [1.807, 2.05) is 31.2 Å². The van der Waals surface area contributed by atoms with E-state index in [1.54, 1.807) is 11.6 Å². The summed E-state index contributed by atoms with van der Waals surface area (Å²) in [5.41, 5.74) is 2.49. The molecule has 146 valence electrons. The first-order valence-electron chi connectivity index (χ1n) is 8.61. The number of nitrogens with zero attached hydrogens (tertiary/aromatic N) is 6. The normalized spacial score (nSPS) is 10.9. The first kappa shape index (κ1) is 18.9. The molecular formula is C19H15BrFN7O. The summed E-state index contributed by atoms with van der Waals surface area (Å²) in [5.74, 6) is -0.423. The molecule has 0 atom stereocenters. The van der Waals surface area contributed by atoms with Gasteiger partial charge in [0.05, 0.1) is 23.1 Å². The standard InChI is InChI=1S/C19H15BrFN7O/c1-11-16(10-22-27(11)15-6-3-13(20)4-7-15)19(29)23-14-5-8-17(21)18(9-14)28-12(2)24-25-26-28/h3-10H,1-2H3,(H,23,29). The minimum absolute atomic E-state index is 0.146. The maximum Gasteiger partial charge on any atom is 0.259 e. The minimum atomic E-state index is -0.502. The average molecular weight is 456 g/mol. The SMILES string of the molecule is Cc1nnnn1-c1cc(NC(=O)c2cnn(-c3ccc(Br)cc3)c2C)ccc1F. The van der Waals surface area contributed by atoms with Crippen molar-refractivity contribution in [2.45, 2.75) is 13.8 Å². The summed E-state index contributed by atoms with van der Waals surface area (Å²) in [6.45, 7) is 3.47. The molecule has 4 aromatic rings. The van der Waals surface area contributed by atoms with E-state index >= 15 is 0 Å². The van der Waals surface area contributed by atoms with Gasteiger partial charge in [-0.15, -0.1) is 5.10 Å². The van der Waals surface area contributed by atoms with Gasteiger partial charge >= 0.3 is 0 Å². The number of anilines is 1. The van der Waals surface area contributed by atoms with E-state index in [1.165, 1.54) is 29.1 Å². The molecule has 0 radical (unpaired) electrons. The maximum atomic E-state index is 14.2. The quantitative estimate of drug-likeness (QED) is 0.507. The molecule has 29 heavy (non-hydrogen) atoms. The second-order valence-corrected chi connectivity index (χ2v) is 7.21. The van der Waals surface area contributed by atoms with Gasteiger partial charge in [-0.05, 0) is 66.7 Å². The van der Waals surface area contributed by atoms with Crippen molar-refractivity contribution in [3.63, 3.8) is 0 Å². The van der Waals surface area contributed by atoms with Crippen molar-refractivity contribution < 1.29 is 9.18 Å². The molecule has 2 heterocycles. The highest BCUT2D eigenvalue weighted by Gasteiger charge is 2.17. The third kappa shape index (κ3) is 3.66. The van der Waals surface area contributed by atoms with E-state index in [0.717, 1.165) is 10.2 Å². The monoisotopic (exact) mass is 455 g/mol. The van der Waals surface area contributed by atoms with Crippen molar-refractivity contribution in [3.05, 3.63) is 76.0 Å². The predicted octanol–water partition coefficient (Wildman–Crippen LogP) is 3.62. The first-order chi connectivity index (χ1) is 13.9. The van der Waals surface area contributed by atoms with Gasteiger partial charge in [-0.1, -0.05) is 15.9 Å². The smallest absolute Gasteiger partial charge is 0.259 e. The summed E-state index contributed by atoms with van der Waals surface area (Å²) in [5, 5.41) is 18.1. The van der Waals surface area contributed by atoms with Crippen LogP contribution in [0, 0.1) is 19.7 Å². The van der Waals surface area contributed by atoms with Crippen molar-refractivity contribution in [3.8, 4) is 11.4 Å². The molecule has 0 bridgehead atoms. The highest BCUT2D eigenvalue weighted by Crippen LogP contribution is 2.21. The third-order valence-corrected chi connectivity index (χ3v) is 4.91. The van der Waals surface area contributed by atoms with Gasteiger partial charge in [-0.25, -0.2) is 9.07 Å². The van der Waals surface area contributed by atoms with Gasteiger partial charge in [0, 0.05) is 10.2 Å². The second kappa shape index (κ2) is 7.55. The van der Waals surface area contributed by atoms with Crippen LogP contribution in [-0.2, 0) is 0 Å². The fourth-order valence-corrected chi connectivity index (χ4v) is 3.14. The van der Waals surface area contributed by atoms with Crippen molar-refractivity contribution in [2.24, 2.45) is 0 Å². The Morgan fingerprint density at radius 2 is 1.86 bits per heavy atom. The fraction of sp³-hybridized carbons (Fsp3) is 0.105. The highest BCUT2D eigenvalue weighted by molar-refractivity contribution is 9.10. The number of hydrogen-bond acceptors (Lipinski definition) is 5. The van der Waals surface area contributed by atoms with E-state index in [4.69, 9.17) is 0 Å². The van der Waals surface area contributed by atoms with Gasteiger partial charge in [-0.3, -0.25) is 4.79 Å². The van der Waals surface area contributed by atoms with Crippen LogP contribution in [0.5, 0.6) is 0 Å². The molecule has 0 aliphatic rings. The van der Waals surface area contributed by atoms with Crippen LogP contribution in [-0.4, -0.2) is 35.9 Å². The zero-order valence-corrected chi connectivity index (χ0v) is 17.1. The minimum Gasteiger partial charge on any atom is -0.322 e. The lowest BCUT2D eigenvalue weighted by Gasteiger charge is -2.09. The van der Waals surface area contributed by atoms with E-state index < -0.39 is 5.82 Å². The van der Waals surface area contributed by atoms with Crippen molar-refractivity contribution in [1.29, 1.82) is 0 Å². The second-order valence-electron chi connectivity index (χ2n) is 6.29. The number of nitrogens with one attached hydrogen (secondary N) is 1. The number of aromatic nitrogens is 6. The molecule has 0 aliphatic carbocycles. The lowest BCUT2D eigenvalue weighted by Crippen LogP contribution is -2.14. The summed E-state index contributed by atoms with van der Waals surface area (Å²) in [7, 11) is 0. The van der Waals surface area contributed by atoms with Crippen LogP contribution in [0.1, 0.15) is 21.9 Å². The molecule has 8 nitrogen and oxygen atoms in total. The Kier molecular flexibility index (Phi) is 4.93. The Hall–Kier alpha value is -3.40. The van der Waals surface area contributed by atoms with Crippen LogP contribution < -0.4 is 5.32 Å². The van der Waals surface area contributed by atoms with E-state index in [2.05, 4.69) is 41.9 Å². The molecule has 1 amide bonds. The Morgan fingerprint density at radius 3 is 2.55 bits per heavy atom. The molecule has 0 fully saturated rings. The zero-order chi connectivity index (χ0) is 20.5. The summed E-state index contributed by atoms with van der Waals surface area (Å²) in [6.07, 6.45) is 1.50. The number of halogens is 2. The van der Waals surface area contributed by atoms with Crippen molar-refractivity contribution in [1.82, 2.24) is 30.0 Å². The van der Waals surface area contributed by atoms with Gasteiger partial charge in [0.15, 0.2) is 5.82 Å². The van der Waals surface area contributed by atoms with Gasteiger partial charge in [0.25, 0.3) is 5.91 Å². The molecule has 0 unspecified atom stereocenters. The van der Waals surface area contributed by atoms with Crippen LogP contribution in [0.25, 0.3) is 11.4 Å². The Labute approximate surface area is 173 Å². The Balaban J connectivity index is 1.61. The van der Waals surface area contributed by atoms with Crippen LogP contribution >= 0.6 is 15.9 Å². The van der Waals surface area contributed by atoms with Crippen molar-refractivity contribution >= 4 is 27.5 Å². The van der Waals surface area contributed by atoms with Gasteiger partial charge in [-0.2, -0.15) is 9.78 Å². The number of aryl methyl sites for hydroxylation is 1. The third-order valence-electron chi connectivity index (χ3n) is 4.38. The van der Waals surface area contributed by atoms with E-state index in [-0.39, 0.29) is 11.6 Å². The molecule has 0 spiro atoms. The van der Waals surface area contributed by atoms with Crippen LogP contribution in [0.4, 0.5) is 10.1 Å². The highest BCUT2D eigenvalue weighted by atomic mass is 79.9.